The Labute approximate surface area is 124 Å². The van der Waals surface area contributed by atoms with Crippen LogP contribution in [0.15, 0.2) is 47.9 Å². The van der Waals surface area contributed by atoms with Crippen LogP contribution in [0.25, 0.3) is 0 Å². The van der Waals surface area contributed by atoms with Gasteiger partial charge in [0.2, 0.25) is 0 Å². The van der Waals surface area contributed by atoms with Crippen molar-refractivity contribution in [1.82, 2.24) is 0 Å². The van der Waals surface area contributed by atoms with Crippen molar-refractivity contribution in [3.8, 4) is 0 Å². The molecule has 1 aromatic rings. The van der Waals surface area contributed by atoms with Gasteiger partial charge < -0.3 is 4.79 Å². The molecule has 0 bridgehead atoms. The van der Waals surface area contributed by atoms with E-state index in [0.29, 0.717) is 0 Å². The van der Waals surface area contributed by atoms with E-state index in [0.717, 1.165) is 0 Å². The number of benzene rings is 1. The van der Waals surface area contributed by atoms with Crippen molar-refractivity contribution >= 4 is 16.4 Å². The Hall–Kier alpha value is -0.460. The molecule has 88 valence electrons. The normalized spacial score (nSPS) is 9.24. The topological polar surface area (TPSA) is 60.4 Å². The number of carbonyl (C=O) groups excluding carboxylic acids is 1. The van der Waals surface area contributed by atoms with Crippen molar-refractivity contribution in [2.45, 2.75) is 11.8 Å². The first kappa shape index (κ1) is 18.9. The van der Waals surface area contributed by atoms with Gasteiger partial charge in [0.25, 0.3) is 10.1 Å². The molecule has 0 radical (unpaired) electrons. The van der Waals surface area contributed by atoms with Gasteiger partial charge in [0.15, 0.2) is 0 Å². The van der Waals surface area contributed by atoms with Crippen LogP contribution >= 0.6 is 0 Å². The van der Waals surface area contributed by atoms with Gasteiger partial charge in [-0.1, -0.05) is 24.3 Å². The van der Waals surface area contributed by atoms with Crippen LogP contribution in [0.2, 0.25) is 0 Å². The maximum absolute atomic E-state index is 11.3. The Morgan fingerprint density at radius 1 is 1.35 bits per heavy atom. The second-order valence-electron chi connectivity index (χ2n) is 2.54. The molecule has 0 saturated carbocycles. The van der Waals surface area contributed by atoms with Gasteiger partial charge in [0, 0.05) is 0 Å². The molecule has 4 nitrogen and oxygen atoms in total. The zero-order chi connectivity index (χ0) is 12.4. The fourth-order valence-corrected chi connectivity index (χ4v) is 1.69. The molecule has 0 fully saturated rings. The molecule has 0 aromatic heterocycles. The molecule has 1 rings (SSSR count). The molecule has 0 heterocycles. The average molecular weight is 264 g/mol. The summed E-state index contributed by atoms with van der Waals surface area (Å²) in [5.41, 5.74) is 0. The Morgan fingerprint density at radius 2 is 1.82 bits per heavy atom. The summed E-state index contributed by atoms with van der Waals surface area (Å²) in [6.45, 7) is 4.68. The predicted octanol–water partition coefficient (Wildman–Crippen LogP) is -1.30. The molecular weight excluding hydrogens is 251 g/mol. The minimum atomic E-state index is -3.59. The number of hydrogen-bond acceptors (Lipinski definition) is 4. The summed E-state index contributed by atoms with van der Waals surface area (Å²) in [7, 11) is -3.59. The standard InChI is InChI=1S/C9H10O3S.C2H3O.Na/c1-2-8-12-13(10,11)9-6-4-3-5-7-9;1-2-3;/h2-7H,1,8H2;1H3;/q;-1;+1. The van der Waals surface area contributed by atoms with Gasteiger partial charge in [0.05, 0.1) is 11.5 Å². The minimum Gasteiger partial charge on any atom is -0.542 e. The van der Waals surface area contributed by atoms with E-state index in [9.17, 15) is 8.42 Å². The summed E-state index contributed by atoms with van der Waals surface area (Å²) in [6, 6.07) is 8.00. The van der Waals surface area contributed by atoms with E-state index in [1.54, 1.807) is 18.2 Å². The van der Waals surface area contributed by atoms with Crippen LogP contribution in [0.1, 0.15) is 6.92 Å². The Bertz CT molecular complexity index is 414. The van der Waals surface area contributed by atoms with Crippen LogP contribution in [-0.4, -0.2) is 21.3 Å². The van der Waals surface area contributed by atoms with Crippen molar-refractivity contribution in [2.75, 3.05) is 6.61 Å². The van der Waals surface area contributed by atoms with Crippen LogP contribution in [0, 0.1) is 0 Å². The van der Waals surface area contributed by atoms with Gasteiger partial charge in [-0.15, -0.1) is 6.58 Å². The third-order valence-corrected chi connectivity index (χ3v) is 2.67. The van der Waals surface area contributed by atoms with Gasteiger partial charge in [0.1, 0.15) is 0 Å². The Balaban J connectivity index is 0. The first-order valence-electron chi connectivity index (χ1n) is 4.42. The van der Waals surface area contributed by atoms with Gasteiger partial charge in [-0.05, 0) is 12.1 Å². The molecule has 1 aromatic carbocycles. The zero-order valence-electron chi connectivity index (χ0n) is 9.92. The van der Waals surface area contributed by atoms with Crippen LogP contribution < -0.4 is 29.6 Å². The van der Waals surface area contributed by atoms with Crippen molar-refractivity contribution in [3.05, 3.63) is 43.0 Å². The fourth-order valence-electron chi connectivity index (χ4n) is 0.793. The zero-order valence-corrected chi connectivity index (χ0v) is 12.7. The molecule has 0 aliphatic carbocycles. The van der Waals surface area contributed by atoms with Crippen molar-refractivity contribution in [1.29, 1.82) is 0 Å². The number of hydrogen-bond donors (Lipinski definition) is 0. The summed E-state index contributed by atoms with van der Waals surface area (Å²) < 4.78 is 27.3. The van der Waals surface area contributed by atoms with Crippen LogP contribution in [0.3, 0.4) is 0 Å². The van der Waals surface area contributed by atoms with Crippen LogP contribution in [0.4, 0.5) is 0 Å². The van der Waals surface area contributed by atoms with Gasteiger partial charge in [-0.2, -0.15) is 15.3 Å². The van der Waals surface area contributed by atoms with Crippen molar-refractivity contribution < 1.29 is 47.0 Å². The van der Waals surface area contributed by atoms with Gasteiger partial charge in [-0.25, -0.2) is 0 Å². The molecule has 0 aliphatic rings. The van der Waals surface area contributed by atoms with E-state index in [1.807, 2.05) is 0 Å². The van der Waals surface area contributed by atoms with E-state index in [-0.39, 0.29) is 41.1 Å². The SMILES string of the molecule is C=CCOS(=O)(=O)c1ccccc1.C[C-]=O.[Na+]. The molecular formula is C11H13NaO4S. The van der Waals surface area contributed by atoms with Gasteiger partial charge >= 0.3 is 29.6 Å². The quantitative estimate of drug-likeness (QED) is 0.293. The van der Waals surface area contributed by atoms with E-state index in [4.69, 9.17) is 4.79 Å². The maximum Gasteiger partial charge on any atom is 1.00 e. The summed E-state index contributed by atoms with van der Waals surface area (Å²) >= 11 is 0. The third-order valence-electron chi connectivity index (χ3n) is 1.37. The fraction of sp³-hybridized carbons (Fsp3) is 0.182. The largest absolute Gasteiger partial charge is 1.00 e. The molecule has 0 atom stereocenters. The molecule has 0 aliphatic heterocycles. The third kappa shape index (κ3) is 8.29. The second kappa shape index (κ2) is 10.7. The molecule has 0 N–H and O–H groups in total. The van der Waals surface area contributed by atoms with E-state index < -0.39 is 10.1 Å². The Kier molecular flexibility index (Phi) is 11.9. The summed E-state index contributed by atoms with van der Waals surface area (Å²) in [6.07, 6.45) is 2.89. The molecule has 0 spiro atoms. The van der Waals surface area contributed by atoms with E-state index in [2.05, 4.69) is 10.8 Å². The first-order chi connectivity index (χ1) is 7.58. The summed E-state index contributed by atoms with van der Waals surface area (Å²) in [4.78, 5) is 8.84. The molecule has 0 amide bonds. The molecule has 6 heteroatoms. The van der Waals surface area contributed by atoms with Crippen molar-refractivity contribution in [3.63, 3.8) is 0 Å². The van der Waals surface area contributed by atoms with Gasteiger partial charge in [-0.3, -0.25) is 10.5 Å². The maximum atomic E-state index is 11.3. The summed E-state index contributed by atoms with van der Waals surface area (Å²) in [5, 5.41) is 0. The summed E-state index contributed by atoms with van der Waals surface area (Å²) in [5.74, 6) is 0. The van der Waals surface area contributed by atoms with Crippen LogP contribution in [0.5, 0.6) is 0 Å². The van der Waals surface area contributed by atoms with E-state index in [1.165, 1.54) is 31.4 Å². The first-order valence-corrected chi connectivity index (χ1v) is 5.83. The smallest absolute Gasteiger partial charge is 0.542 e. The average Bonchev–Trinajstić information content (AvgIpc) is 2.29. The van der Waals surface area contributed by atoms with E-state index >= 15 is 0 Å². The molecule has 0 unspecified atom stereocenters. The van der Waals surface area contributed by atoms with Crippen LogP contribution in [-0.2, 0) is 19.1 Å². The predicted molar refractivity (Wildman–Crippen MR) is 61.1 cm³/mol. The number of rotatable bonds is 4. The Morgan fingerprint density at radius 3 is 2.24 bits per heavy atom. The van der Waals surface area contributed by atoms with Crippen molar-refractivity contribution in [2.24, 2.45) is 0 Å². The minimum absolute atomic E-state index is 0. The monoisotopic (exact) mass is 264 g/mol. The second-order valence-corrected chi connectivity index (χ2v) is 4.16. The molecule has 17 heavy (non-hydrogen) atoms. The molecule has 0 saturated heterocycles.